The van der Waals surface area contributed by atoms with Crippen molar-refractivity contribution in [2.75, 3.05) is 36.4 Å². The summed E-state index contributed by atoms with van der Waals surface area (Å²) in [5, 5.41) is 14.2. The maximum absolute atomic E-state index is 13.7. The molecule has 3 rings (SSSR count). The number of nitro groups is 1. The molecule has 1 aliphatic heterocycles. The molecule has 1 saturated heterocycles. The normalized spacial score (nSPS) is 15.9. The number of halogens is 2. The highest BCUT2D eigenvalue weighted by molar-refractivity contribution is 6.30. The van der Waals surface area contributed by atoms with E-state index in [1.807, 2.05) is 9.80 Å². The van der Waals surface area contributed by atoms with Crippen LogP contribution in [0.15, 0.2) is 42.5 Å². The molecule has 1 atom stereocenters. The lowest BCUT2D eigenvalue weighted by Gasteiger charge is -2.38. The van der Waals surface area contributed by atoms with Gasteiger partial charge in [0.15, 0.2) is 0 Å². The number of hydrogen-bond donors (Lipinski definition) is 1. The molecule has 148 valence electrons. The van der Waals surface area contributed by atoms with Crippen LogP contribution in [0.25, 0.3) is 0 Å². The van der Waals surface area contributed by atoms with E-state index >= 15 is 0 Å². The number of carbonyl (C=O) groups excluding carboxylic acids is 1. The summed E-state index contributed by atoms with van der Waals surface area (Å²) in [6, 6.07) is 10.2. The third-order valence-corrected chi connectivity index (χ3v) is 5.08. The number of nitrogens with one attached hydrogen (secondary N) is 1. The predicted octanol–water partition coefficient (Wildman–Crippen LogP) is 3.54. The topological polar surface area (TPSA) is 78.7 Å². The summed E-state index contributed by atoms with van der Waals surface area (Å²) in [5.41, 5.74) is 0.624. The molecule has 28 heavy (non-hydrogen) atoms. The first-order chi connectivity index (χ1) is 13.4. The fourth-order valence-electron chi connectivity index (χ4n) is 3.23. The molecule has 1 fully saturated rings. The van der Waals surface area contributed by atoms with Crippen molar-refractivity contribution in [3.05, 3.63) is 63.4 Å². The van der Waals surface area contributed by atoms with E-state index in [0.29, 0.717) is 36.9 Å². The Kier molecular flexibility index (Phi) is 6.11. The summed E-state index contributed by atoms with van der Waals surface area (Å²) in [6.07, 6.45) is 0. The van der Waals surface area contributed by atoms with Gasteiger partial charge in [-0.1, -0.05) is 23.7 Å². The second-order valence-corrected chi connectivity index (χ2v) is 6.99. The average molecular weight is 407 g/mol. The summed E-state index contributed by atoms with van der Waals surface area (Å²) in [6.45, 7) is 3.91. The second-order valence-electron chi connectivity index (χ2n) is 6.56. The number of nitro benzene ring substituents is 1. The molecule has 1 amide bonds. The Bertz CT molecular complexity index is 887. The monoisotopic (exact) mass is 406 g/mol. The molecule has 0 spiro atoms. The summed E-state index contributed by atoms with van der Waals surface area (Å²) in [4.78, 5) is 27.2. The van der Waals surface area contributed by atoms with Crippen LogP contribution in [0.2, 0.25) is 5.02 Å². The van der Waals surface area contributed by atoms with Crippen LogP contribution >= 0.6 is 11.6 Å². The predicted molar refractivity (Wildman–Crippen MR) is 106 cm³/mol. The summed E-state index contributed by atoms with van der Waals surface area (Å²) < 4.78 is 13.7. The number of nitrogens with zero attached hydrogens (tertiary/aromatic N) is 3. The fraction of sp³-hybridized carbons (Fsp3) is 0.316. The number of carbonyl (C=O) groups is 1. The van der Waals surface area contributed by atoms with Gasteiger partial charge in [0.05, 0.1) is 16.7 Å². The van der Waals surface area contributed by atoms with Gasteiger partial charge in [-0.3, -0.25) is 19.8 Å². The standard InChI is InChI=1S/C19H20ClFN4O3/c1-13(19(26)22-16-5-3-2-4-15(16)21)23-8-10-24(11-9-23)17-7-6-14(20)12-18(17)25(27)28/h2-7,12-13H,8-11H2,1H3,(H,22,26). The number of benzene rings is 2. The van der Waals surface area contributed by atoms with Gasteiger partial charge in [-0.05, 0) is 31.2 Å². The minimum Gasteiger partial charge on any atom is -0.363 e. The molecule has 2 aromatic rings. The van der Waals surface area contributed by atoms with Crippen molar-refractivity contribution in [2.24, 2.45) is 0 Å². The fourth-order valence-corrected chi connectivity index (χ4v) is 3.39. The Morgan fingerprint density at radius 1 is 1.21 bits per heavy atom. The number of anilines is 2. The Labute approximate surface area is 166 Å². The lowest BCUT2D eigenvalue weighted by Crippen LogP contribution is -2.53. The third-order valence-electron chi connectivity index (χ3n) is 4.85. The highest BCUT2D eigenvalue weighted by Crippen LogP contribution is 2.31. The SMILES string of the molecule is CC(C(=O)Nc1ccccc1F)N1CCN(c2ccc(Cl)cc2[N+](=O)[O-])CC1. The molecular formula is C19H20ClFN4O3. The van der Waals surface area contributed by atoms with E-state index in [1.165, 1.54) is 18.2 Å². The van der Waals surface area contributed by atoms with E-state index in [0.717, 1.165) is 0 Å². The maximum atomic E-state index is 13.7. The van der Waals surface area contributed by atoms with Gasteiger partial charge in [0, 0.05) is 37.3 Å². The van der Waals surface area contributed by atoms with Crippen LogP contribution < -0.4 is 10.2 Å². The maximum Gasteiger partial charge on any atom is 0.294 e. The minimum atomic E-state index is -0.483. The molecule has 0 radical (unpaired) electrons. The van der Waals surface area contributed by atoms with Crippen LogP contribution in [-0.2, 0) is 4.79 Å². The zero-order valence-electron chi connectivity index (χ0n) is 15.3. The Morgan fingerprint density at radius 3 is 2.54 bits per heavy atom. The minimum absolute atomic E-state index is 0.0358. The average Bonchev–Trinajstić information content (AvgIpc) is 2.69. The van der Waals surface area contributed by atoms with Crippen molar-refractivity contribution in [1.82, 2.24) is 4.90 Å². The highest BCUT2D eigenvalue weighted by atomic mass is 35.5. The molecular weight excluding hydrogens is 387 g/mol. The van der Waals surface area contributed by atoms with Crippen molar-refractivity contribution in [2.45, 2.75) is 13.0 Å². The molecule has 2 aromatic carbocycles. The van der Waals surface area contributed by atoms with E-state index in [-0.39, 0.29) is 17.3 Å². The lowest BCUT2D eigenvalue weighted by molar-refractivity contribution is -0.384. The van der Waals surface area contributed by atoms with E-state index < -0.39 is 16.8 Å². The van der Waals surface area contributed by atoms with Crippen LogP contribution in [0.5, 0.6) is 0 Å². The first-order valence-corrected chi connectivity index (χ1v) is 9.23. The molecule has 9 heteroatoms. The molecule has 1 aliphatic rings. The van der Waals surface area contributed by atoms with Gasteiger partial charge in [-0.2, -0.15) is 0 Å². The largest absolute Gasteiger partial charge is 0.363 e. The number of para-hydroxylation sites is 1. The first kappa shape index (κ1) is 20.0. The van der Waals surface area contributed by atoms with Gasteiger partial charge in [0.2, 0.25) is 5.91 Å². The zero-order chi connectivity index (χ0) is 20.3. The molecule has 1 N–H and O–H groups in total. The van der Waals surface area contributed by atoms with Crippen LogP contribution in [0.1, 0.15) is 6.92 Å². The van der Waals surface area contributed by atoms with E-state index in [2.05, 4.69) is 5.32 Å². The Morgan fingerprint density at radius 2 is 1.89 bits per heavy atom. The van der Waals surface area contributed by atoms with Gasteiger partial charge in [-0.15, -0.1) is 0 Å². The van der Waals surface area contributed by atoms with Gasteiger partial charge < -0.3 is 10.2 Å². The molecule has 0 aliphatic carbocycles. The Hall–Kier alpha value is -2.71. The number of amides is 1. The third kappa shape index (κ3) is 4.40. The van der Waals surface area contributed by atoms with E-state index in [4.69, 9.17) is 11.6 Å². The van der Waals surface area contributed by atoms with Gasteiger partial charge >= 0.3 is 0 Å². The summed E-state index contributed by atoms with van der Waals surface area (Å²) in [7, 11) is 0. The van der Waals surface area contributed by atoms with Crippen molar-refractivity contribution in [3.8, 4) is 0 Å². The van der Waals surface area contributed by atoms with Gasteiger partial charge in [0.25, 0.3) is 5.69 Å². The second kappa shape index (κ2) is 8.53. The zero-order valence-corrected chi connectivity index (χ0v) is 16.0. The smallest absolute Gasteiger partial charge is 0.294 e. The van der Waals surface area contributed by atoms with Gasteiger partial charge in [-0.25, -0.2) is 4.39 Å². The van der Waals surface area contributed by atoms with Crippen molar-refractivity contribution >= 4 is 34.6 Å². The van der Waals surface area contributed by atoms with E-state index in [9.17, 15) is 19.3 Å². The van der Waals surface area contributed by atoms with Crippen LogP contribution in [0.4, 0.5) is 21.5 Å². The number of rotatable bonds is 5. The molecule has 0 bridgehead atoms. The van der Waals surface area contributed by atoms with Crippen molar-refractivity contribution < 1.29 is 14.1 Å². The van der Waals surface area contributed by atoms with Crippen molar-refractivity contribution in [3.63, 3.8) is 0 Å². The summed E-state index contributed by atoms with van der Waals surface area (Å²) >= 11 is 5.87. The Balaban J connectivity index is 1.63. The van der Waals surface area contributed by atoms with E-state index in [1.54, 1.807) is 31.2 Å². The molecule has 1 heterocycles. The van der Waals surface area contributed by atoms with Crippen LogP contribution in [0, 0.1) is 15.9 Å². The lowest BCUT2D eigenvalue weighted by atomic mass is 10.1. The van der Waals surface area contributed by atoms with Gasteiger partial charge in [0.1, 0.15) is 11.5 Å². The number of hydrogen-bond acceptors (Lipinski definition) is 5. The van der Waals surface area contributed by atoms with Crippen LogP contribution in [-0.4, -0.2) is 48.0 Å². The molecule has 0 saturated carbocycles. The molecule has 7 nitrogen and oxygen atoms in total. The van der Waals surface area contributed by atoms with Crippen LogP contribution in [0.3, 0.4) is 0 Å². The quantitative estimate of drug-likeness (QED) is 0.607. The highest BCUT2D eigenvalue weighted by Gasteiger charge is 2.28. The number of piperazine rings is 1. The molecule has 1 unspecified atom stereocenters. The first-order valence-electron chi connectivity index (χ1n) is 8.85. The van der Waals surface area contributed by atoms with Crippen molar-refractivity contribution in [1.29, 1.82) is 0 Å². The summed E-state index contributed by atoms with van der Waals surface area (Å²) in [5.74, 6) is -0.779. The molecule has 0 aromatic heterocycles.